The molecule has 8 heteroatoms. The Hall–Kier alpha value is -1.37. The van der Waals surface area contributed by atoms with Crippen molar-refractivity contribution in [3.05, 3.63) is 21.4 Å². The minimum absolute atomic E-state index is 0.432. The normalized spacial score (nSPS) is 11.4. The van der Waals surface area contributed by atoms with Crippen LogP contribution in [0.3, 0.4) is 0 Å². The Morgan fingerprint density at radius 2 is 2.07 bits per heavy atom. The Kier molecular flexibility index (Phi) is 2.61. The summed E-state index contributed by atoms with van der Waals surface area (Å²) in [6.07, 6.45) is -4.88. The first-order valence-electron chi connectivity index (χ1n) is 3.23. The van der Waals surface area contributed by atoms with Crippen LogP contribution in [-0.2, 0) is 0 Å². The molecule has 14 heavy (non-hydrogen) atoms. The van der Waals surface area contributed by atoms with Crippen LogP contribution in [0.4, 0.5) is 19.0 Å². The Morgan fingerprint density at radius 1 is 1.50 bits per heavy atom. The van der Waals surface area contributed by atoms with E-state index in [0.717, 1.165) is 0 Å². The molecular weight excluding hydrogens is 225 g/mol. The van der Waals surface area contributed by atoms with Crippen molar-refractivity contribution in [3.8, 4) is 5.75 Å². The maximum absolute atomic E-state index is 11.7. The summed E-state index contributed by atoms with van der Waals surface area (Å²) in [6, 6.07) is 0.698. The fourth-order valence-electron chi connectivity index (χ4n) is 0.711. The van der Waals surface area contributed by atoms with Gasteiger partial charge in [-0.05, 0) is 0 Å². The van der Waals surface area contributed by atoms with E-state index in [0.29, 0.717) is 6.07 Å². The van der Waals surface area contributed by atoms with Crippen LogP contribution in [0, 0.1) is 0 Å². The number of halogens is 4. The lowest BCUT2D eigenvalue weighted by molar-refractivity contribution is -0.274. The number of ether oxygens (including phenoxy) is 1. The van der Waals surface area contributed by atoms with Crippen molar-refractivity contribution in [2.75, 3.05) is 5.73 Å². The molecule has 0 saturated carbocycles. The monoisotopic (exact) mass is 228 g/mol. The number of pyridine rings is 1. The van der Waals surface area contributed by atoms with Gasteiger partial charge >= 0.3 is 6.36 Å². The third-order valence-electron chi connectivity index (χ3n) is 1.21. The van der Waals surface area contributed by atoms with Gasteiger partial charge in [0.05, 0.1) is 0 Å². The van der Waals surface area contributed by atoms with E-state index in [4.69, 9.17) is 17.3 Å². The topological polar surface area (TPSA) is 68.1 Å². The predicted octanol–water partition coefficient (Wildman–Crippen LogP) is 1.51. The number of nitrogen functional groups attached to an aromatic ring is 1. The van der Waals surface area contributed by atoms with Crippen LogP contribution in [0.25, 0.3) is 0 Å². The summed E-state index contributed by atoms with van der Waals surface area (Å²) >= 11 is 5.27. The molecule has 0 aliphatic carbocycles. The van der Waals surface area contributed by atoms with Gasteiger partial charge in [0.1, 0.15) is 10.8 Å². The summed E-state index contributed by atoms with van der Waals surface area (Å²) < 4.78 is 38.7. The molecule has 4 nitrogen and oxygen atoms in total. The minimum Gasteiger partial charge on any atom is -0.402 e. The molecule has 0 saturated heterocycles. The van der Waals surface area contributed by atoms with E-state index in [-0.39, 0.29) is 0 Å². The van der Waals surface area contributed by atoms with Crippen LogP contribution in [0.2, 0.25) is 5.02 Å². The van der Waals surface area contributed by atoms with Crippen molar-refractivity contribution in [3.63, 3.8) is 0 Å². The summed E-state index contributed by atoms with van der Waals surface area (Å²) in [6.45, 7) is 0. The van der Waals surface area contributed by atoms with E-state index in [2.05, 4.69) is 4.74 Å². The van der Waals surface area contributed by atoms with Gasteiger partial charge in [-0.3, -0.25) is 4.79 Å². The van der Waals surface area contributed by atoms with E-state index in [9.17, 15) is 18.0 Å². The van der Waals surface area contributed by atoms with Crippen LogP contribution in [-0.4, -0.2) is 11.3 Å². The minimum atomic E-state index is -4.88. The van der Waals surface area contributed by atoms with Crippen molar-refractivity contribution in [1.82, 2.24) is 4.98 Å². The maximum atomic E-state index is 11.7. The zero-order chi connectivity index (χ0) is 10.9. The molecule has 0 spiro atoms. The Bertz CT molecular complexity index is 401. The number of aromatic nitrogens is 1. The molecule has 0 unspecified atom stereocenters. The SMILES string of the molecule is Nc1[nH]c(=O)c(Cl)cc1OC(F)(F)F. The van der Waals surface area contributed by atoms with E-state index < -0.39 is 28.5 Å². The van der Waals surface area contributed by atoms with Gasteiger partial charge in [-0.2, -0.15) is 0 Å². The number of aromatic amines is 1. The van der Waals surface area contributed by atoms with Gasteiger partial charge in [-0.25, -0.2) is 0 Å². The third kappa shape index (κ3) is 2.56. The highest BCUT2D eigenvalue weighted by atomic mass is 35.5. The summed E-state index contributed by atoms with van der Waals surface area (Å²) in [7, 11) is 0. The molecule has 3 N–H and O–H groups in total. The van der Waals surface area contributed by atoms with E-state index >= 15 is 0 Å². The lowest BCUT2D eigenvalue weighted by Gasteiger charge is -2.10. The highest BCUT2D eigenvalue weighted by Gasteiger charge is 2.32. The van der Waals surface area contributed by atoms with Crippen LogP contribution < -0.4 is 16.0 Å². The van der Waals surface area contributed by atoms with Crippen LogP contribution in [0.1, 0.15) is 0 Å². The fraction of sp³-hybridized carbons (Fsp3) is 0.167. The van der Waals surface area contributed by atoms with E-state index in [1.165, 1.54) is 0 Å². The molecule has 0 amide bonds. The molecule has 1 aromatic rings. The molecule has 1 heterocycles. The van der Waals surface area contributed by atoms with Gasteiger partial charge < -0.3 is 15.5 Å². The van der Waals surface area contributed by atoms with Gasteiger partial charge in [0, 0.05) is 6.07 Å². The van der Waals surface area contributed by atoms with Crippen LogP contribution in [0.15, 0.2) is 10.9 Å². The number of rotatable bonds is 1. The largest absolute Gasteiger partial charge is 0.573 e. The van der Waals surface area contributed by atoms with Gasteiger partial charge in [0.2, 0.25) is 0 Å². The van der Waals surface area contributed by atoms with Gasteiger partial charge in [-0.1, -0.05) is 11.6 Å². The molecule has 0 radical (unpaired) electrons. The molecule has 0 bridgehead atoms. The third-order valence-corrected chi connectivity index (χ3v) is 1.49. The standard InChI is InChI=1S/C6H4ClF3N2O2/c7-2-1-3(14-6(8,9)10)4(11)12-5(2)13/h1H,(H3,11,12,13). The molecule has 1 rings (SSSR count). The van der Waals surface area contributed by atoms with Crippen molar-refractivity contribution in [2.45, 2.75) is 6.36 Å². The van der Waals surface area contributed by atoms with Crippen molar-refractivity contribution in [1.29, 1.82) is 0 Å². The molecular formula is C6H4ClF3N2O2. The Labute approximate surface area is 80.4 Å². The highest BCUT2D eigenvalue weighted by molar-refractivity contribution is 6.30. The number of nitrogens with one attached hydrogen (secondary N) is 1. The molecule has 78 valence electrons. The number of alkyl halides is 3. The quantitative estimate of drug-likeness (QED) is 0.766. The first kappa shape index (κ1) is 10.7. The Balaban J connectivity index is 3.11. The maximum Gasteiger partial charge on any atom is 0.573 e. The fourth-order valence-corrected chi connectivity index (χ4v) is 0.857. The first-order valence-corrected chi connectivity index (χ1v) is 3.61. The average molecular weight is 229 g/mol. The van der Waals surface area contributed by atoms with Crippen molar-refractivity contribution in [2.24, 2.45) is 0 Å². The highest BCUT2D eigenvalue weighted by Crippen LogP contribution is 2.27. The second-order valence-electron chi connectivity index (χ2n) is 2.27. The summed E-state index contributed by atoms with van der Waals surface area (Å²) in [5.41, 5.74) is 4.28. The predicted molar refractivity (Wildman–Crippen MR) is 43.2 cm³/mol. The summed E-state index contributed by atoms with van der Waals surface area (Å²) in [4.78, 5) is 12.6. The van der Waals surface area contributed by atoms with Gasteiger partial charge in [-0.15, -0.1) is 13.2 Å². The second-order valence-corrected chi connectivity index (χ2v) is 2.68. The lowest BCUT2D eigenvalue weighted by Crippen LogP contribution is -2.20. The van der Waals surface area contributed by atoms with Crippen molar-refractivity contribution < 1.29 is 17.9 Å². The number of hydrogen-bond acceptors (Lipinski definition) is 3. The lowest BCUT2D eigenvalue weighted by atomic mass is 10.4. The first-order chi connectivity index (χ1) is 6.29. The molecule has 1 aromatic heterocycles. The number of nitrogens with two attached hydrogens (primary N) is 1. The smallest absolute Gasteiger partial charge is 0.402 e. The average Bonchev–Trinajstić information content (AvgIpc) is 1.97. The van der Waals surface area contributed by atoms with Crippen molar-refractivity contribution >= 4 is 17.4 Å². The zero-order valence-electron chi connectivity index (χ0n) is 6.48. The number of anilines is 1. The summed E-state index contributed by atoms with van der Waals surface area (Å²) in [5.74, 6) is -1.26. The molecule has 0 fully saturated rings. The number of hydrogen-bond donors (Lipinski definition) is 2. The van der Waals surface area contributed by atoms with Gasteiger partial charge in [0.15, 0.2) is 5.75 Å². The zero-order valence-corrected chi connectivity index (χ0v) is 7.24. The second kappa shape index (κ2) is 3.41. The van der Waals surface area contributed by atoms with Crippen LogP contribution in [0.5, 0.6) is 5.75 Å². The Morgan fingerprint density at radius 3 is 2.57 bits per heavy atom. The summed E-state index contributed by atoms with van der Waals surface area (Å²) in [5, 5.41) is -0.432. The van der Waals surface area contributed by atoms with Gasteiger partial charge in [0.25, 0.3) is 5.56 Å². The van der Waals surface area contributed by atoms with Crippen LogP contribution >= 0.6 is 11.6 Å². The molecule has 0 atom stereocenters. The molecule has 0 aliphatic rings. The number of H-pyrrole nitrogens is 1. The van der Waals surface area contributed by atoms with E-state index in [1.807, 2.05) is 4.98 Å². The molecule has 0 aromatic carbocycles. The molecule has 0 aliphatic heterocycles. The van der Waals surface area contributed by atoms with E-state index in [1.54, 1.807) is 0 Å².